The van der Waals surface area contributed by atoms with E-state index in [0.29, 0.717) is 0 Å². The van der Waals surface area contributed by atoms with Crippen LogP contribution >= 0.6 is 0 Å². The first-order chi connectivity index (χ1) is 19.8. The fourth-order valence-electron chi connectivity index (χ4n) is 6.04. The third kappa shape index (κ3) is 18.0. The van der Waals surface area contributed by atoms with Crippen molar-refractivity contribution in [3.63, 3.8) is 0 Å². The van der Waals surface area contributed by atoms with Crippen LogP contribution in [0.3, 0.4) is 0 Å². The summed E-state index contributed by atoms with van der Waals surface area (Å²) >= 11 is 0. The number of benzene rings is 1. The van der Waals surface area contributed by atoms with Crippen molar-refractivity contribution in [3.05, 3.63) is 53.6 Å². The molecule has 228 valence electrons. The largest absolute Gasteiger partial charge is 0.335 e. The molecule has 0 aliphatic heterocycles. The zero-order valence-electron chi connectivity index (χ0n) is 27.0. The SMILES string of the molecule is CCCCCCCCCCCCCCc1nc(CCCc2ccccc2)cn1CCCCCCCCCCCC. The number of nitrogens with zero attached hydrogens (tertiary/aromatic N) is 2. The van der Waals surface area contributed by atoms with Crippen molar-refractivity contribution in [1.82, 2.24) is 9.55 Å². The summed E-state index contributed by atoms with van der Waals surface area (Å²) < 4.78 is 2.53. The lowest BCUT2D eigenvalue weighted by Gasteiger charge is -2.08. The highest BCUT2D eigenvalue weighted by molar-refractivity contribution is 5.15. The molecule has 2 heteroatoms. The highest BCUT2D eigenvalue weighted by Crippen LogP contribution is 2.17. The van der Waals surface area contributed by atoms with Crippen LogP contribution < -0.4 is 0 Å². The Morgan fingerprint density at radius 1 is 0.475 bits per heavy atom. The third-order valence-electron chi connectivity index (χ3n) is 8.66. The average Bonchev–Trinajstić information content (AvgIpc) is 3.36. The number of imidazole rings is 1. The second kappa shape index (κ2) is 25.2. The van der Waals surface area contributed by atoms with Crippen molar-refractivity contribution in [2.75, 3.05) is 0 Å². The van der Waals surface area contributed by atoms with E-state index in [-0.39, 0.29) is 0 Å². The normalized spacial score (nSPS) is 11.4. The Hall–Kier alpha value is -1.57. The number of aromatic nitrogens is 2. The van der Waals surface area contributed by atoms with Crippen LogP contribution in [0, 0.1) is 0 Å². The molecule has 2 aromatic rings. The number of hydrogen-bond donors (Lipinski definition) is 0. The van der Waals surface area contributed by atoms with E-state index < -0.39 is 0 Å². The van der Waals surface area contributed by atoms with Gasteiger partial charge in [-0.1, -0.05) is 173 Å². The van der Waals surface area contributed by atoms with Crippen molar-refractivity contribution < 1.29 is 0 Å². The minimum Gasteiger partial charge on any atom is -0.335 e. The predicted octanol–water partition coefficient (Wildman–Crippen LogP) is 12.2. The van der Waals surface area contributed by atoms with Gasteiger partial charge in [0.25, 0.3) is 0 Å². The van der Waals surface area contributed by atoms with Gasteiger partial charge in [0.2, 0.25) is 0 Å². The molecule has 2 nitrogen and oxygen atoms in total. The summed E-state index contributed by atoms with van der Waals surface area (Å²) in [6, 6.07) is 10.9. The average molecular weight is 551 g/mol. The Balaban J connectivity index is 1.65. The van der Waals surface area contributed by atoms with Gasteiger partial charge in [-0.2, -0.15) is 0 Å². The molecule has 0 N–H and O–H groups in total. The first-order valence-corrected chi connectivity index (χ1v) is 17.9. The number of aryl methyl sites for hydroxylation is 4. The molecule has 0 unspecified atom stereocenters. The van der Waals surface area contributed by atoms with Gasteiger partial charge in [0.1, 0.15) is 5.82 Å². The maximum absolute atomic E-state index is 5.16. The quantitative estimate of drug-likeness (QED) is 0.0963. The Morgan fingerprint density at radius 3 is 1.48 bits per heavy atom. The van der Waals surface area contributed by atoms with E-state index in [9.17, 15) is 0 Å². The molecular weight excluding hydrogens is 484 g/mol. The van der Waals surface area contributed by atoms with Gasteiger partial charge in [-0.15, -0.1) is 0 Å². The Labute approximate surface area is 250 Å². The van der Waals surface area contributed by atoms with Crippen molar-refractivity contribution in [2.24, 2.45) is 0 Å². The predicted molar refractivity (Wildman–Crippen MR) is 177 cm³/mol. The minimum atomic E-state index is 1.10. The number of rotatable bonds is 28. The minimum absolute atomic E-state index is 1.10. The van der Waals surface area contributed by atoms with Gasteiger partial charge in [-0.3, -0.25) is 0 Å². The molecule has 0 amide bonds. The lowest BCUT2D eigenvalue weighted by molar-refractivity contribution is 0.520. The van der Waals surface area contributed by atoms with Gasteiger partial charge in [-0.05, 0) is 37.7 Å². The molecule has 1 heterocycles. The van der Waals surface area contributed by atoms with E-state index in [1.165, 1.54) is 165 Å². The molecule has 0 aliphatic rings. The monoisotopic (exact) mass is 551 g/mol. The van der Waals surface area contributed by atoms with Crippen LogP contribution in [-0.4, -0.2) is 9.55 Å². The topological polar surface area (TPSA) is 17.8 Å². The van der Waals surface area contributed by atoms with Crippen molar-refractivity contribution >= 4 is 0 Å². The number of unbranched alkanes of at least 4 members (excludes halogenated alkanes) is 20. The summed E-state index contributed by atoms with van der Waals surface area (Å²) in [6.45, 7) is 5.77. The van der Waals surface area contributed by atoms with E-state index in [0.717, 1.165) is 25.8 Å². The zero-order chi connectivity index (χ0) is 28.4. The van der Waals surface area contributed by atoms with Crippen LogP contribution in [0.5, 0.6) is 0 Å². The standard InChI is InChI=1S/C38H66N2/c1-3-5-7-9-11-13-15-16-17-19-21-26-33-38-39-37(32-28-31-36-29-24-23-25-30-36)35-40(38)34-27-22-20-18-14-12-10-8-6-4-2/h23-25,29-30,35H,3-22,26-28,31-34H2,1-2H3. The van der Waals surface area contributed by atoms with Crippen molar-refractivity contribution in [2.45, 2.75) is 187 Å². The van der Waals surface area contributed by atoms with Crippen LogP contribution in [0.25, 0.3) is 0 Å². The van der Waals surface area contributed by atoms with Gasteiger partial charge in [0.05, 0.1) is 5.69 Å². The summed E-state index contributed by atoms with van der Waals surface area (Å²) in [6.07, 6.45) is 38.0. The molecule has 40 heavy (non-hydrogen) atoms. The third-order valence-corrected chi connectivity index (χ3v) is 8.66. The van der Waals surface area contributed by atoms with Gasteiger partial charge in [-0.25, -0.2) is 4.98 Å². The Bertz CT molecular complexity index is 793. The van der Waals surface area contributed by atoms with Gasteiger partial charge in [0.15, 0.2) is 0 Å². The smallest absolute Gasteiger partial charge is 0.108 e. The molecule has 0 bridgehead atoms. The molecule has 1 aromatic carbocycles. The summed E-state index contributed by atoms with van der Waals surface area (Å²) in [5.74, 6) is 1.36. The van der Waals surface area contributed by atoms with E-state index >= 15 is 0 Å². The summed E-state index contributed by atoms with van der Waals surface area (Å²) in [4.78, 5) is 5.16. The van der Waals surface area contributed by atoms with E-state index in [1.807, 2.05) is 0 Å². The maximum Gasteiger partial charge on any atom is 0.108 e. The summed E-state index contributed by atoms with van der Waals surface area (Å²) in [5, 5.41) is 0. The fourth-order valence-corrected chi connectivity index (χ4v) is 6.04. The molecule has 0 saturated heterocycles. The van der Waals surface area contributed by atoms with Crippen molar-refractivity contribution in [3.8, 4) is 0 Å². The van der Waals surface area contributed by atoms with Crippen LogP contribution in [0.2, 0.25) is 0 Å². The highest BCUT2D eigenvalue weighted by Gasteiger charge is 2.09. The molecular formula is C38H66N2. The Morgan fingerprint density at radius 2 is 0.950 bits per heavy atom. The van der Waals surface area contributed by atoms with Gasteiger partial charge < -0.3 is 4.57 Å². The van der Waals surface area contributed by atoms with E-state index in [2.05, 4.69) is 54.9 Å². The van der Waals surface area contributed by atoms with Gasteiger partial charge in [0, 0.05) is 19.2 Å². The van der Waals surface area contributed by atoms with Crippen LogP contribution in [-0.2, 0) is 25.8 Å². The Kier molecular flexibility index (Phi) is 21.8. The molecule has 2 rings (SSSR count). The van der Waals surface area contributed by atoms with Gasteiger partial charge >= 0.3 is 0 Å². The summed E-state index contributed by atoms with van der Waals surface area (Å²) in [5.41, 5.74) is 2.76. The lowest BCUT2D eigenvalue weighted by Crippen LogP contribution is -2.03. The zero-order valence-corrected chi connectivity index (χ0v) is 27.0. The van der Waals surface area contributed by atoms with Crippen molar-refractivity contribution in [1.29, 1.82) is 0 Å². The second-order valence-corrected chi connectivity index (χ2v) is 12.5. The molecule has 0 radical (unpaired) electrons. The fraction of sp³-hybridized carbons (Fsp3) is 0.763. The first kappa shape index (κ1) is 34.6. The first-order valence-electron chi connectivity index (χ1n) is 17.9. The molecule has 0 fully saturated rings. The van der Waals surface area contributed by atoms with E-state index in [1.54, 1.807) is 0 Å². The summed E-state index contributed by atoms with van der Waals surface area (Å²) in [7, 11) is 0. The van der Waals surface area contributed by atoms with Crippen LogP contribution in [0.4, 0.5) is 0 Å². The number of hydrogen-bond acceptors (Lipinski definition) is 1. The molecule has 0 spiro atoms. The molecule has 0 aliphatic carbocycles. The van der Waals surface area contributed by atoms with Crippen LogP contribution in [0.1, 0.15) is 179 Å². The molecule has 0 saturated carbocycles. The second-order valence-electron chi connectivity index (χ2n) is 12.5. The molecule has 1 aromatic heterocycles. The molecule has 0 atom stereocenters. The lowest BCUT2D eigenvalue weighted by atomic mass is 10.0. The maximum atomic E-state index is 5.16. The van der Waals surface area contributed by atoms with E-state index in [4.69, 9.17) is 4.98 Å². The van der Waals surface area contributed by atoms with Crippen LogP contribution in [0.15, 0.2) is 36.5 Å². The highest BCUT2D eigenvalue weighted by atomic mass is 15.1.